The molecule has 0 aliphatic heterocycles. The number of anilines is 1. The third kappa shape index (κ3) is 6.36. The summed E-state index contributed by atoms with van der Waals surface area (Å²) >= 11 is 0. The predicted molar refractivity (Wildman–Crippen MR) is 113 cm³/mol. The fraction of sp³-hybridized carbons (Fsp3) is 0.333. The van der Waals surface area contributed by atoms with Crippen LogP contribution in [0, 0.1) is 18.2 Å². The molecule has 7 nitrogen and oxygen atoms in total. The van der Waals surface area contributed by atoms with E-state index in [1.807, 2.05) is 0 Å². The van der Waals surface area contributed by atoms with Crippen molar-refractivity contribution >= 4 is 27.5 Å². The molecule has 0 atom stereocenters. The highest BCUT2D eigenvalue weighted by atomic mass is 32.2. The molecule has 0 unspecified atom stereocenters. The lowest BCUT2D eigenvalue weighted by Crippen LogP contribution is -2.34. The summed E-state index contributed by atoms with van der Waals surface area (Å²) in [5, 5.41) is 5.38. The number of nitrogens with one attached hydrogen (secondary N) is 3. The van der Waals surface area contributed by atoms with Gasteiger partial charge in [-0.25, -0.2) is 17.5 Å². The van der Waals surface area contributed by atoms with E-state index in [1.54, 1.807) is 45.0 Å². The lowest BCUT2D eigenvalue weighted by molar-refractivity contribution is -0.123. The molecule has 0 aliphatic rings. The Balaban J connectivity index is 1.85. The zero-order valence-electron chi connectivity index (χ0n) is 17.4. The fourth-order valence-corrected chi connectivity index (χ4v) is 3.47. The molecule has 2 aromatic carbocycles. The van der Waals surface area contributed by atoms with E-state index >= 15 is 0 Å². The third-order valence-electron chi connectivity index (χ3n) is 4.23. The van der Waals surface area contributed by atoms with Crippen LogP contribution in [0.15, 0.2) is 47.4 Å². The number of halogens is 1. The Morgan fingerprint density at radius 3 is 2.20 bits per heavy atom. The van der Waals surface area contributed by atoms with Crippen molar-refractivity contribution in [1.82, 2.24) is 10.0 Å². The minimum Gasteiger partial charge on any atom is -0.351 e. The van der Waals surface area contributed by atoms with Gasteiger partial charge in [0.05, 0.1) is 4.90 Å². The molecule has 0 aromatic heterocycles. The van der Waals surface area contributed by atoms with E-state index in [1.165, 1.54) is 19.1 Å². The summed E-state index contributed by atoms with van der Waals surface area (Å²) in [6.07, 6.45) is 0. The summed E-state index contributed by atoms with van der Waals surface area (Å²) < 4.78 is 40.1. The Morgan fingerprint density at radius 2 is 1.63 bits per heavy atom. The van der Waals surface area contributed by atoms with E-state index in [9.17, 15) is 22.4 Å². The summed E-state index contributed by atoms with van der Waals surface area (Å²) in [5.41, 5.74) is 0.652. The topological polar surface area (TPSA) is 104 Å². The highest BCUT2D eigenvalue weighted by Gasteiger charge is 2.21. The van der Waals surface area contributed by atoms with Crippen molar-refractivity contribution in [2.45, 2.75) is 32.6 Å². The third-order valence-corrected chi connectivity index (χ3v) is 5.69. The van der Waals surface area contributed by atoms with E-state index in [2.05, 4.69) is 15.4 Å². The van der Waals surface area contributed by atoms with E-state index in [4.69, 9.17) is 0 Å². The Morgan fingerprint density at radius 1 is 1.00 bits per heavy atom. The van der Waals surface area contributed by atoms with Crippen molar-refractivity contribution in [2.75, 3.05) is 18.4 Å². The smallest absolute Gasteiger partial charge is 0.251 e. The molecule has 9 heteroatoms. The van der Waals surface area contributed by atoms with Gasteiger partial charge in [0.25, 0.3) is 5.91 Å². The average Bonchev–Trinajstić information content (AvgIpc) is 2.67. The Bertz CT molecular complexity index is 1030. The largest absolute Gasteiger partial charge is 0.351 e. The summed E-state index contributed by atoms with van der Waals surface area (Å²) in [5.74, 6) is -0.992. The Kier molecular flexibility index (Phi) is 7.33. The van der Waals surface area contributed by atoms with Gasteiger partial charge in [-0.3, -0.25) is 9.59 Å². The number of hydrogen-bond donors (Lipinski definition) is 3. The second-order valence-corrected chi connectivity index (χ2v) is 9.61. The Hall–Kier alpha value is -2.78. The zero-order valence-corrected chi connectivity index (χ0v) is 18.2. The summed E-state index contributed by atoms with van der Waals surface area (Å²) in [6, 6.07) is 9.91. The number of aryl methyl sites for hydroxylation is 1. The average molecular weight is 436 g/mol. The number of carbonyl (C=O) groups excluding carboxylic acids is 2. The van der Waals surface area contributed by atoms with Gasteiger partial charge < -0.3 is 10.6 Å². The molecule has 2 rings (SSSR count). The van der Waals surface area contributed by atoms with Crippen molar-refractivity contribution < 1.29 is 22.4 Å². The van der Waals surface area contributed by atoms with Crippen LogP contribution in [0.2, 0.25) is 0 Å². The van der Waals surface area contributed by atoms with Crippen LogP contribution in [0.4, 0.5) is 10.1 Å². The lowest BCUT2D eigenvalue weighted by atomic mass is 9.95. The highest BCUT2D eigenvalue weighted by molar-refractivity contribution is 7.89. The molecule has 0 bridgehead atoms. The molecular formula is C21H26FN3O4S. The van der Waals surface area contributed by atoms with E-state index in [-0.39, 0.29) is 35.4 Å². The molecule has 30 heavy (non-hydrogen) atoms. The molecule has 0 radical (unpaired) electrons. The lowest BCUT2D eigenvalue weighted by Gasteiger charge is -2.17. The number of rotatable bonds is 7. The van der Waals surface area contributed by atoms with Gasteiger partial charge in [-0.1, -0.05) is 20.8 Å². The van der Waals surface area contributed by atoms with E-state index in [0.29, 0.717) is 11.3 Å². The maximum atomic E-state index is 13.3. The van der Waals surface area contributed by atoms with Crippen LogP contribution in [-0.4, -0.2) is 33.3 Å². The van der Waals surface area contributed by atoms with Crippen LogP contribution in [0.25, 0.3) is 0 Å². The molecule has 162 valence electrons. The minimum atomic E-state index is -3.80. The van der Waals surface area contributed by atoms with Crippen LogP contribution in [0.5, 0.6) is 0 Å². The molecule has 0 aliphatic carbocycles. The molecule has 0 heterocycles. The normalized spacial score (nSPS) is 11.8. The van der Waals surface area contributed by atoms with Gasteiger partial charge in [-0.15, -0.1) is 0 Å². The molecule has 2 amide bonds. The van der Waals surface area contributed by atoms with E-state index in [0.717, 1.165) is 6.07 Å². The van der Waals surface area contributed by atoms with Crippen LogP contribution in [0.1, 0.15) is 36.7 Å². The molecule has 0 fully saturated rings. The summed E-state index contributed by atoms with van der Waals surface area (Å²) in [7, 11) is -3.80. The first-order chi connectivity index (χ1) is 13.9. The number of hydrogen-bond acceptors (Lipinski definition) is 4. The van der Waals surface area contributed by atoms with Crippen molar-refractivity contribution in [3.63, 3.8) is 0 Å². The van der Waals surface area contributed by atoms with Crippen molar-refractivity contribution in [3.05, 3.63) is 59.4 Å². The number of amides is 2. The standard InChI is InChI=1S/C21H26FN3O4S/c1-14-13-17(9-10-18(14)22)30(28,29)24-12-11-23-19(26)15-5-7-16(8-6-15)25-20(27)21(2,3)4/h5-10,13,24H,11-12H2,1-4H3,(H,23,26)(H,25,27). The SMILES string of the molecule is Cc1cc(S(=O)(=O)NCCNC(=O)c2ccc(NC(=O)C(C)(C)C)cc2)ccc1F. The number of benzene rings is 2. The van der Waals surface area contributed by atoms with Gasteiger partial charge in [0.15, 0.2) is 0 Å². The van der Waals surface area contributed by atoms with Crippen molar-refractivity contribution in [2.24, 2.45) is 5.41 Å². The van der Waals surface area contributed by atoms with Crippen LogP contribution >= 0.6 is 0 Å². The van der Waals surface area contributed by atoms with Gasteiger partial charge in [-0.2, -0.15) is 0 Å². The molecule has 3 N–H and O–H groups in total. The molecule has 0 saturated heterocycles. The van der Waals surface area contributed by atoms with Gasteiger partial charge in [-0.05, 0) is 55.0 Å². The highest BCUT2D eigenvalue weighted by Crippen LogP contribution is 2.18. The molecular weight excluding hydrogens is 409 g/mol. The summed E-state index contributed by atoms with van der Waals surface area (Å²) in [6.45, 7) is 6.93. The van der Waals surface area contributed by atoms with Gasteiger partial charge in [0.1, 0.15) is 5.82 Å². The van der Waals surface area contributed by atoms with Crippen molar-refractivity contribution in [1.29, 1.82) is 0 Å². The zero-order chi connectivity index (χ0) is 22.5. The van der Waals surface area contributed by atoms with Crippen molar-refractivity contribution in [3.8, 4) is 0 Å². The monoisotopic (exact) mass is 435 g/mol. The molecule has 0 saturated carbocycles. The second kappa shape index (κ2) is 9.36. The summed E-state index contributed by atoms with van der Waals surface area (Å²) in [4.78, 5) is 24.1. The maximum Gasteiger partial charge on any atom is 0.251 e. The first-order valence-electron chi connectivity index (χ1n) is 9.36. The quantitative estimate of drug-likeness (QED) is 0.582. The molecule has 2 aromatic rings. The van der Waals surface area contributed by atoms with Gasteiger partial charge >= 0.3 is 0 Å². The number of sulfonamides is 1. The second-order valence-electron chi connectivity index (χ2n) is 7.85. The molecule has 0 spiro atoms. The fourth-order valence-electron chi connectivity index (χ4n) is 2.35. The first-order valence-corrected chi connectivity index (χ1v) is 10.8. The van der Waals surface area contributed by atoms with Crippen LogP contribution in [-0.2, 0) is 14.8 Å². The number of carbonyl (C=O) groups is 2. The van der Waals surface area contributed by atoms with Crippen LogP contribution < -0.4 is 15.4 Å². The van der Waals surface area contributed by atoms with Gasteiger partial charge in [0, 0.05) is 29.8 Å². The maximum absolute atomic E-state index is 13.3. The van der Waals surface area contributed by atoms with E-state index < -0.39 is 21.3 Å². The predicted octanol–water partition coefficient (Wildman–Crippen LogP) is 2.83. The van der Waals surface area contributed by atoms with Crippen LogP contribution in [0.3, 0.4) is 0 Å². The van der Waals surface area contributed by atoms with Gasteiger partial charge in [0.2, 0.25) is 15.9 Å². The minimum absolute atomic E-state index is 0.0236. The Labute approximate surface area is 176 Å². The first kappa shape index (κ1) is 23.5.